The van der Waals surface area contributed by atoms with Gasteiger partial charge in [-0.15, -0.1) is 0 Å². The van der Waals surface area contributed by atoms with Crippen molar-refractivity contribution in [1.82, 2.24) is 4.90 Å². The highest BCUT2D eigenvalue weighted by Gasteiger charge is 2.42. The van der Waals surface area contributed by atoms with Gasteiger partial charge in [0, 0.05) is 11.6 Å². The number of hydrogen-bond acceptors (Lipinski definition) is 5. The number of benzene rings is 2. The van der Waals surface area contributed by atoms with Gasteiger partial charge in [0.05, 0.1) is 30.7 Å². The van der Waals surface area contributed by atoms with Crippen LogP contribution < -0.4 is 10.2 Å². The molecular formula is C22H20ClNO5. The third-order valence-corrected chi connectivity index (χ3v) is 5.74. The number of carbonyl (C=O) groups excluding carboxylic acids is 1. The lowest BCUT2D eigenvalue weighted by atomic mass is 9.97. The molecule has 0 saturated heterocycles. The van der Waals surface area contributed by atoms with E-state index in [4.69, 9.17) is 20.8 Å². The molecule has 7 heteroatoms. The molecule has 0 spiro atoms. The number of amides is 1. The molecule has 1 amide bonds. The zero-order chi connectivity index (χ0) is 20.9. The minimum Gasteiger partial charge on any atom is -0.496 e. The number of aliphatic hydroxyl groups excluding tert-OH is 1. The molecule has 0 saturated carbocycles. The molecular weight excluding hydrogens is 394 g/mol. The Hall–Kier alpha value is -2.83. The number of rotatable bonds is 4. The monoisotopic (exact) mass is 413 g/mol. The van der Waals surface area contributed by atoms with Gasteiger partial charge in [-0.05, 0) is 48.7 Å². The van der Waals surface area contributed by atoms with E-state index in [1.54, 1.807) is 32.2 Å². The van der Waals surface area contributed by atoms with Crippen molar-refractivity contribution in [3.63, 3.8) is 0 Å². The summed E-state index contributed by atoms with van der Waals surface area (Å²) >= 11 is 6.22. The Morgan fingerprint density at radius 1 is 1.17 bits per heavy atom. The van der Waals surface area contributed by atoms with Crippen molar-refractivity contribution in [3.8, 4) is 5.75 Å². The van der Waals surface area contributed by atoms with Crippen molar-refractivity contribution in [2.24, 2.45) is 0 Å². The predicted molar refractivity (Wildman–Crippen MR) is 110 cm³/mol. The Labute approximate surface area is 172 Å². The van der Waals surface area contributed by atoms with Crippen LogP contribution in [-0.2, 0) is 0 Å². The predicted octanol–water partition coefficient (Wildman–Crippen LogP) is 3.61. The Morgan fingerprint density at radius 3 is 2.62 bits per heavy atom. The number of fused-ring (bicyclic) bond motifs is 2. The number of aryl methyl sites for hydroxylation is 2. The van der Waals surface area contributed by atoms with Crippen LogP contribution in [0.4, 0.5) is 0 Å². The first kappa shape index (κ1) is 19.5. The molecule has 29 heavy (non-hydrogen) atoms. The third-order valence-electron chi connectivity index (χ3n) is 5.34. The Bertz CT molecular complexity index is 1200. The summed E-state index contributed by atoms with van der Waals surface area (Å²) < 4.78 is 11.3. The Balaban J connectivity index is 2.02. The topological polar surface area (TPSA) is 80.0 Å². The quantitative estimate of drug-likeness (QED) is 0.706. The fourth-order valence-corrected chi connectivity index (χ4v) is 4.00. The van der Waals surface area contributed by atoms with Crippen molar-refractivity contribution >= 4 is 28.5 Å². The molecule has 0 aliphatic carbocycles. The fourth-order valence-electron chi connectivity index (χ4n) is 3.83. The van der Waals surface area contributed by atoms with E-state index in [1.807, 2.05) is 19.1 Å². The number of β-amino-alcohol motifs (C(OH)–C–C–N with tert-alkyl or cyclic N) is 1. The van der Waals surface area contributed by atoms with Gasteiger partial charge in [-0.25, -0.2) is 0 Å². The molecule has 1 unspecified atom stereocenters. The van der Waals surface area contributed by atoms with Crippen LogP contribution in [0, 0.1) is 13.8 Å². The van der Waals surface area contributed by atoms with E-state index in [9.17, 15) is 14.7 Å². The molecule has 150 valence electrons. The van der Waals surface area contributed by atoms with Crippen molar-refractivity contribution in [3.05, 3.63) is 73.6 Å². The van der Waals surface area contributed by atoms with Gasteiger partial charge in [-0.1, -0.05) is 23.7 Å². The molecule has 2 heterocycles. The maximum Gasteiger partial charge on any atom is 0.290 e. The van der Waals surface area contributed by atoms with Crippen LogP contribution in [0.1, 0.15) is 38.9 Å². The summed E-state index contributed by atoms with van der Waals surface area (Å²) in [5.74, 6) is 0.226. The molecule has 1 atom stereocenters. The lowest BCUT2D eigenvalue weighted by molar-refractivity contribution is 0.0691. The van der Waals surface area contributed by atoms with Crippen molar-refractivity contribution < 1.29 is 19.1 Å². The molecule has 4 rings (SSSR count). The molecule has 1 aliphatic heterocycles. The lowest BCUT2D eigenvalue weighted by Gasteiger charge is -2.24. The summed E-state index contributed by atoms with van der Waals surface area (Å²) in [5, 5.41) is 10.3. The van der Waals surface area contributed by atoms with E-state index in [0.29, 0.717) is 27.3 Å². The molecule has 2 aromatic carbocycles. The molecule has 1 aromatic heterocycles. The Kier molecular flexibility index (Phi) is 4.84. The SMILES string of the molecule is COc1cc(C2c3c(oc4cc(C)c(Cl)cc4c3=O)C(=O)N2CCO)ccc1C. The number of carbonyl (C=O) groups is 1. The summed E-state index contributed by atoms with van der Waals surface area (Å²) in [7, 11) is 1.57. The summed E-state index contributed by atoms with van der Waals surface area (Å²) in [6.07, 6.45) is 0. The zero-order valence-electron chi connectivity index (χ0n) is 16.3. The Morgan fingerprint density at radius 2 is 1.93 bits per heavy atom. The smallest absolute Gasteiger partial charge is 0.290 e. The third kappa shape index (κ3) is 2.99. The average molecular weight is 414 g/mol. The van der Waals surface area contributed by atoms with E-state index in [1.165, 1.54) is 4.90 Å². The summed E-state index contributed by atoms with van der Waals surface area (Å²) in [6.45, 7) is 3.54. The number of methoxy groups -OCH3 is 1. The highest BCUT2D eigenvalue weighted by atomic mass is 35.5. The van der Waals surface area contributed by atoms with Crippen molar-refractivity contribution in [1.29, 1.82) is 0 Å². The van der Waals surface area contributed by atoms with Gasteiger partial charge >= 0.3 is 0 Å². The fraction of sp³-hybridized carbons (Fsp3) is 0.273. The first-order chi connectivity index (χ1) is 13.9. The van der Waals surface area contributed by atoms with Crippen LogP contribution in [-0.4, -0.2) is 36.2 Å². The number of aliphatic hydroxyl groups is 1. The number of ether oxygens (including phenoxy) is 1. The summed E-state index contributed by atoms with van der Waals surface area (Å²) in [6, 6.07) is 8.08. The minimum atomic E-state index is -0.681. The second kappa shape index (κ2) is 7.21. The van der Waals surface area contributed by atoms with Crippen LogP contribution in [0.2, 0.25) is 5.02 Å². The first-order valence-corrected chi connectivity index (χ1v) is 9.58. The molecule has 0 fully saturated rings. The number of halogens is 1. The normalized spacial score (nSPS) is 15.8. The summed E-state index contributed by atoms with van der Waals surface area (Å²) in [4.78, 5) is 27.9. The van der Waals surface area contributed by atoms with E-state index in [2.05, 4.69) is 0 Å². The summed E-state index contributed by atoms with van der Waals surface area (Å²) in [5.41, 5.74) is 2.65. The highest BCUT2D eigenvalue weighted by Crippen LogP contribution is 2.39. The number of nitrogens with zero attached hydrogens (tertiary/aromatic N) is 1. The molecule has 0 radical (unpaired) electrons. The minimum absolute atomic E-state index is 0.00205. The standard InChI is InChI=1S/C22H20ClNO5/c1-11-4-5-13(9-16(11)28-3)19-18-20(26)14-10-15(23)12(2)8-17(14)29-21(18)22(27)24(19)6-7-25/h4-5,8-10,19,25H,6-7H2,1-3H3. The van der Waals surface area contributed by atoms with E-state index >= 15 is 0 Å². The maximum absolute atomic E-state index is 13.4. The zero-order valence-corrected chi connectivity index (χ0v) is 17.0. The van der Waals surface area contributed by atoms with Gasteiger partial charge in [-0.3, -0.25) is 9.59 Å². The second-order valence-corrected chi connectivity index (χ2v) is 7.53. The molecule has 1 aliphatic rings. The van der Waals surface area contributed by atoms with Crippen LogP contribution in [0.15, 0.2) is 39.5 Å². The van der Waals surface area contributed by atoms with Gasteiger partial charge in [0.15, 0.2) is 5.43 Å². The van der Waals surface area contributed by atoms with Crippen LogP contribution in [0.25, 0.3) is 11.0 Å². The van der Waals surface area contributed by atoms with Crippen LogP contribution in [0.5, 0.6) is 5.75 Å². The van der Waals surface area contributed by atoms with Gasteiger partial charge in [0.1, 0.15) is 11.3 Å². The van der Waals surface area contributed by atoms with Gasteiger partial charge in [-0.2, -0.15) is 0 Å². The highest BCUT2D eigenvalue weighted by molar-refractivity contribution is 6.32. The average Bonchev–Trinajstić information content (AvgIpc) is 2.97. The molecule has 3 aromatic rings. The van der Waals surface area contributed by atoms with Crippen molar-refractivity contribution in [2.75, 3.05) is 20.3 Å². The van der Waals surface area contributed by atoms with Crippen molar-refractivity contribution in [2.45, 2.75) is 19.9 Å². The molecule has 6 nitrogen and oxygen atoms in total. The van der Waals surface area contributed by atoms with Crippen LogP contribution >= 0.6 is 11.6 Å². The van der Waals surface area contributed by atoms with Gasteiger partial charge in [0.2, 0.25) is 5.76 Å². The van der Waals surface area contributed by atoms with Gasteiger partial charge < -0.3 is 19.2 Å². The first-order valence-electron chi connectivity index (χ1n) is 9.20. The maximum atomic E-state index is 13.4. The number of hydrogen-bond donors (Lipinski definition) is 1. The van der Waals surface area contributed by atoms with E-state index < -0.39 is 11.9 Å². The lowest BCUT2D eigenvalue weighted by Crippen LogP contribution is -2.32. The second-order valence-electron chi connectivity index (χ2n) is 7.13. The van der Waals surface area contributed by atoms with Gasteiger partial charge in [0.25, 0.3) is 5.91 Å². The molecule has 1 N–H and O–H groups in total. The van der Waals surface area contributed by atoms with Crippen LogP contribution in [0.3, 0.4) is 0 Å². The van der Waals surface area contributed by atoms with E-state index in [-0.39, 0.29) is 29.9 Å². The largest absolute Gasteiger partial charge is 0.496 e. The van der Waals surface area contributed by atoms with E-state index in [0.717, 1.165) is 11.1 Å². The molecule has 0 bridgehead atoms.